The molecular weight excluding hydrogens is 771 g/mol. The molecule has 11 aromatic carbocycles. The van der Waals surface area contributed by atoms with E-state index in [1.807, 2.05) is 0 Å². The Morgan fingerprint density at radius 3 is 1.39 bits per heavy atom. The minimum atomic E-state index is -0.507. The highest BCUT2D eigenvalue weighted by atomic mass is 15.1. The normalized spacial score (nSPS) is 13.1. The second-order valence-electron chi connectivity index (χ2n) is 17.6. The predicted octanol–water partition coefficient (Wildman–Crippen LogP) is 16.8. The fraction of sp³-hybridized carbons (Fsp3) is 0.0159. The second-order valence-corrected chi connectivity index (χ2v) is 17.6. The van der Waals surface area contributed by atoms with Gasteiger partial charge >= 0.3 is 0 Å². The highest BCUT2D eigenvalue weighted by molar-refractivity contribution is 6.15. The lowest BCUT2D eigenvalue weighted by Gasteiger charge is -2.36. The van der Waals surface area contributed by atoms with Gasteiger partial charge in [-0.3, -0.25) is 0 Å². The van der Waals surface area contributed by atoms with Gasteiger partial charge in [-0.05, 0) is 154 Å². The van der Waals surface area contributed by atoms with Crippen molar-refractivity contribution >= 4 is 38.6 Å². The lowest BCUT2D eigenvalue weighted by Crippen LogP contribution is -2.28. The van der Waals surface area contributed by atoms with Gasteiger partial charge < -0.3 is 4.90 Å². The zero-order valence-corrected chi connectivity index (χ0v) is 35.0. The van der Waals surface area contributed by atoms with Gasteiger partial charge in [-0.1, -0.05) is 182 Å². The van der Waals surface area contributed by atoms with E-state index in [2.05, 4.69) is 241 Å². The summed E-state index contributed by atoms with van der Waals surface area (Å²) < 4.78 is 0. The van der Waals surface area contributed by atoms with Gasteiger partial charge in [0.15, 0.2) is 0 Å². The third-order valence-electron chi connectivity index (χ3n) is 14.4. The highest BCUT2D eigenvalue weighted by Crippen LogP contribution is 2.65. The van der Waals surface area contributed by atoms with Crippen LogP contribution in [0, 0.1) is 0 Å². The lowest BCUT2D eigenvalue weighted by molar-refractivity contribution is 0.793. The smallest absolute Gasteiger partial charge is 0.0746 e. The van der Waals surface area contributed by atoms with Crippen LogP contribution < -0.4 is 4.90 Å². The fourth-order valence-electron chi connectivity index (χ4n) is 11.6. The maximum absolute atomic E-state index is 2.56. The molecule has 3 aliphatic rings. The van der Waals surface area contributed by atoms with E-state index in [-0.39, 0.29) is 0 Å². The van der Waals surface area contributed by atoms with Crippen molar-refractivity contribution in [1.82, 2.24) is 0 Å². The van der Waals surface area contributed by atoms with Gasteiger partial charge in [0, 0.05) is 16.6 Å². The Bertz CT molecular complexity index is 3650. The van der Waals surface area contributed by atoms with Crippen LogP contribution in [0.4, 0.5) is 17.1 Å². The lowest BCUT2D eigenvalue weighted by atomic mass is 9.70. The summed E-state index contributed by atoms with van der Waals surface area (Å²) in [7, 11) is 0. The average molecular weight is 810 g/mol. The molecule has 1 heteroatoms. The predicted molar refractivity (Wildman–Crippen MR) is 268 cm³/mol. The molecule has 1 spiro atoms. The minimum Gasteiger partial charge on any atom is -0.310 e. The van der Waals surface area contributed by atoms with Crippen molar-refractivity contribution in [2.24, 2.45) is 0 Å². The third-order valence-corrected chi connectivity index (χ3v) is 14.4. The van der Waals surface area contributed by atoms with Crippen molar-refractivity contribution in [3.05, 3.63) is 259 Å². The zero-order chi connectivity index (χ0) is 41.9. The van der Waals surface area contributed by atoms with E-state index in [4.69, 9.17) is 0 Å². The fourth-order valence-corrected chi connectivity index (χ4v) is 11.6. The molecule has 0 atom stereocenters. The van der Waals surface area contributed by atoms with Gasteiger partial charge in [-0.2, -0.15) is 0 Å². The molecule has 0 aliphatic heterocycles. The molecule has 0 radical (unpaired) electrons. The van der Waals surface area contributed by atoms with E-state index in [0.717, 1.165) is 11.4 Å². The molecule has 11 aromatic rings. The molecule has 14 rings (SSSR count). The summed E-state index contributed by atoms with van der Waals surface area (Å²) in [6, 6.07) is 88.4. The average Bonchev–Trinajstić information content (AvgIpc) is 3.84. The molecule has 0 N–H and O–H groups in total. The van der Waals surface area contributed by atoms with Crippen molar-refractivity contribution in [3.63, 3.8) is 0 Å². The first-order valence-electron chi connectivity index (χ1n) is 22.3. The molecule has 0 bridgehead atoms. The number of hydrogen-bond acceptors (Lipinski definition) is 1. The van der Waals surface area contributed by atoms with E-state index in [1.165, 1.54) is 116 Å². The monoisotopic (exact) mass is 809 g/mol. The first-order chi connectivity index (χ1) is 31.7. The summed E-state index contributed by atoms with van der Waals surface area (Å²) in [5.41, 5.74) is 23.7. The van der Waals surface area contributed by atoms with Crippen LogP contribution in [0.5, 0.6) is 0 Å². The summed E-state index contributed by atoms with van der Waals surface area (Å²) in [5.74, 6) is 0. The molecule has 0 heterocycles. The second kappa shape index (κ2) is 13.4. The van der Waals surface area contributed by atoms with Crippen LogP contribution in [0.3, 0.4) is 0 Å². The number of rotatable bonds is 5. The molecule has 0 amide bonds. The standard InChI is InChI=1S/C63H39N/c1-3-15-40(16-4-1)42-31-33-47(34-32-42)64(61-28-14-23-51-50-22-9-12-26-59(50)63(62(51)61)57-24-10-7-20-48(57)49-21-8-11-25-58(49)63)60-27-13-19-45-37-54-55-38-46-35-43(41-17-5-2-6-18-41)29-30-44(46)36-53(55)56(54)39-52(45)60/h1-39H. The van der Waals surface area contributed by atoms with Crippen LogP contribution >= 0.6 is 0 Å². The maximum atomic E-state index is 2.56. The third kappa shape index (κ3) is 4.84. The summed E-state index contributed by atoms with van der Waals surface area (Å²) in [6.45, 7) is 0. The number of fused-ring (bicyclic) bond motifs is 16. The molecule has 296 valence electrons. The summed E-state index contributed by atoms with van der Waals surface area (Å²) in [5, 5.41) is 4.99. The highest BCUT2D eigenvalue weighted by Gasteiger charge is 2.53. The Labute approximate surface area is 372 Å². The van der Waals surface area contributed by atoms with Crippen LogP contribution in [0.1, 0.15) is 22.3 Å². The minimum absolute atomic E-state index is 0.507. The summed E-state index contributed by atoms with van der Waals surface area (Å²) in [6.07, 6.45) is 0. The Balaban J connectivity index is 1.01. The van der Waals surface area contributed by atoms with Gasteiger partial charge in [-0.15, -0.1) is 0 Å². The summed E-state index contributed by atoms with van der Waals surface area (Å²) >= 11 is 0. The van der Waals surface area contributed by atoms with Gasteiger partial charge in [-0.25, -0.2) is 0 Å². The van der Waals surface area contributed by atoms with Crippen LogP contribution in [0.15, 0.2) is 237 Å². The van der Waals surface area contributed by atoms with Crippen molar-refractivity contribution < 1.29 is 0 Å². The number of anilines is 3. The molecule has 0 saturated heterocycles. The first-order valence-corrected chi connectivity index (χ1v) is 22.3. The van der Waals surface area contributed by atoms with Crippen molar-refractivity contribution in [2.45, 2.75) is 5.41 Å². The first kappa shape index (κ1) is 35.3. The van der Waals surface area contributed by atoms with Crippen LogP contribution in [0.25, 0.3) is 88.3 Å². The van der Waals surface area contributed by atoms with Crippen molar-refractivity contribution in [2.75, 3.05) is 4.90 Å². The Morgan fingerprint density at radius 2 is 0.734 bits per heavy atom. The summed E-state index contributed by atoms with van der Waals surface area (Å²) in [4.78, 5) is 2.56. The maximum Gasteiger partial charge on any atom is 0.0746 e. The van der Waals surface area contributed by atoms with E-state index in [9.17, 15) is 0 Å². The molecular formula is C63H39N. The quantitative estimate of drug-likeness (QED) is 0.167. The number of nitrogens with zero attached hydrogens (tertiary/aromatic N) is 1. The molecule has 0 fully saturated rings. The van der Waals surface area contributed by atoms with Crippen LogP contribution in [-0.4, -0.2) is 0 Å². The topological polar surface area (TPSA) is 3.24 Å². The van der Waals surface area contributed by atoms with E-state index >= 15 is 0 Å². The Hall–Kier alpha value is -8.26. The van der Waals surface area contributed by atoms with Crippen LogP contribution in [0.2, 0.25) is 0 Å². The number of hydrogen-bond donors (Lipinski definition) is 0. The van der Waals surface area contributed by atoms with Gasteiger partial charge in [0.25, 0.3) is 0 Å². The van der Waals surface area contributed by atoms with Gasteiger partial charge in [0.1, 0.15) is 0 Å². The largest absolute Gasteiger partial charge is 0.310 e. The van der Waals surface area contributed by atoms with E-state index in [1.54, 1.807) is 0 Å². The Kier molecular flexibility index (Phi) is 7.38. The van der Waals surface area contributed by atoms with Crippen LogP contribution in [-0.2, 0) is 5.41 Å². The van der Waals surface area contributed by atoms with E-state index < -0.39 is 5.41 Å². The van der Waals surface area contributed by atoms with Gasteiger partial charge in [0.2, 0.25) is 0 Å². The Morgan fingerprint density at radius 1 is 0.266 bits per heavy atom. The van der Waals surface area contributed by atoms with Crippen molar-refractivity contribution in [1.29, 1.82) is 0 Å². The van der Waals surface area contributed by atoms with Gasteiger partial charge in [0.05, 0.1) is 16.8 Å². The molecule has 3 aliphatic carbocycles. The number of benzene rings is 11. The molecule has 1 nitrogen and oxygen atoms in total. The molecule has 0 saturated carbocycles. The molecule has 64 heavy (non-hydrogen) atoms. The SMILES string of the molecule is c1ccc(-c2ccc(N(c3cccc4c3C3(c5ccccc5-c5ccccc53)c3ccccc3-4)c3cccc4cc5c(cc34)-c3cc4ccc(-c6ccccc6)cc4cc3-5)cc2)cc1. The van der Waals surface area contributed by atoms with E-state index in [0.29, 0.717) is 0 Å². The molecule has 0 unspecified atom stereocenters. The zero-order valence-electron chi connectivity index (χ0n) is 35.0. The van der Waals surface area contributed by atoms with Crippen molar-refractivity contribution in [3.8, 4) is 66.8 Å². The molecule has 0 aromatic heterocycles.